The number of halogens is 2. The monoisotopic (exact) mass is 551 g/mol. The summed E-state index contributed by atoms with van der Waals surface area (Å²) in [6, 6.07) is 23.9. The van der Waals surface area contributed by atoms with Crippen molar-refractivity contribution in [1.29, 1.82) is 0 Å². The fraction of sp³-hybridized carbons (Fsp3) is 0.355. The summed E-state index contributed by atoms with van der Waals surface area (Å²) in [5.41, 5.74) is 3.64. The number of carbonyl (C=O) groups excluding carboxylic acids is 2. The number of nitrogens with zero attached hydrogens (tertiary/aromatic N) is 1. The van der Waals surface area contributed by atoms with Crippen molar-refractivity contribution in [2.75, 3.05) is 26.7 Å². The highest BCUT2D eigenvalue weighted by Gasteiger charge is 2.37. The Hall–Kier alpha value is -2.86. The number of carbonyl (C=O) groups is 2. The lowest BCUT2D eigenvalue weighted by Gasteiger charge is -2.43. The summed E-state index contributed by atoms with van der Waals surface area (Å²) in [4.78, 5) is 27.1. The van der Waals surface area contributed by atoms with Crippen molar-refractivity contribution in [3.05, 3.63) is 105 Å². The van der Waals surface area contributed by atoms with Gasteiger partial charge in [0.2, 0.25) is 5.91 Å². The molecule has 0 radical (unpaired) electrons. The zero-order chi connectivity index (χ0) is 27.1. The Balaban J connectivity index is 1.50. The van der Waals surface area contributed by atoms with Gasteiger partial charge in [-0.2, -0.15) is 0 Å². The van der Waals surface area contributed by atoms with Crippen LogP contribution in [0, 0.1) is 0 Å². The highest BCUT2D eigenvalue weighted by atomic mass is 35.5. The number of likely N-dealkylation sites (tertiary alicyclic amines) is 1. The minimum absolute atomic E-state index is 0.00299. The minimum atomic E-state index is -0.334. The lowest BCUT2D eigenvalue weighted by Crippen LogP contribution is -2.52. The zero-order valence-electron chi connectivity index (χ0n) is 22.0. The molecule has 3 aromatic rings. The predicted molar refractivity (Wildman–Crippen MR) is 155 cm³/mol. The first-order valence-electron chi connectivity index (χ1n) is 13.1. The third-order valence-corrected chi connectivity index (χ3v) is 8.35. The molecule has 1 heterocycles. The number of amides is 2. The number of piperidine rings is 1. The molecule has 0 bridgehead atoms. The first-order chi connectivity index (χ1) is 18.3. The van der Waals surface area contributed by atoms with Crippen molar-refractivity contribution in [2.45, 2.75) is 44.1 Å². The van der Waals surface area contributed by atoms with E-state index in [0.29, 0.717) is 15.6 Å². The van der Waals surface area contributed by atoms with Gasteiger partial charge in [-0.1, -0.05) is 77.8 Å². The third kappa shape index (κ3) is 6.76. The van der Waals surface area contributed by atoms with E-state index in [1.807, 2.05) is 60.7 Å². The molecule has 0 aromatic heterocycles. The summed E-state index contributed by atoms with van der Waals surface area (Å²) in [5, 5.41) is 7.08. The SMILES string of the molecule is CNC(=O)c1ccccc1CC(CCN1CCC(NC(C)=O)(c2ccccc2)CC1)c1ccc(Cl)c(Cl)c1. The maximum atomic E-state index is 12.5. The Labute approximate surface area is 235 Å². The average Bonchev–Trinajstić information content (AvgIpc) is 2.93. The van der Waals surface area contributed by atoms with Gasteiger partial charge in [0.1, 0.15) is 0 Å². The molecule has 1 fully saturated rings. The van der Waals surface area contributed by atoms with Crippen LogP contribution in [-0.4, -0.2) is 43.4 Å². The molecule has 0 saturated carbocycles. The van der Waals surface area contributed by atoms with E-state index >= 15 is 0 Å². The van der Waals surface area contributed by atoms with E-state index in [2.05, 4.69) is 27.7 Å². The third-order valence-electron chi connectivity index (χ3n) is 7.62. The van der Waals surface area contributed by atoms with E-state index in [4.69, 9.17) is 23.2 Å². The topological polar surface area (TPSA) is 61.4 Å². The van der Waals surface area contributed by atoms with Gasteiger partial charge in [0.25, 0.3) is 5.91 Å². The quantitative estimate of drug-likeness (QED) is 0.333. The lowest BCUT2D eigenvalue weighted by molar-refractivity contribution is -0.121. The number of hydrogen-bond acceptors (Lipinski definition) is 3. The molecule has 1 atom stereocenters. The summed E-state index contributed by atoms with van der Waals surface area (Å²) < 4.78 is 0. The number of hydrogen-bond donors (Lipinski definition) is 2. The molecule has 1 aliphatic rings. The molecule has 200 valence electrons. The lowest BCUT2D eigenvalue weighted by atomic mass is 9.80. The van der Waals surface area contributed by atoms with Crippen LogP contribution in [0.5, 0.6) is 0 Å². The van der Waals surface area contributed by atoms with E-state index in [1.54, 1.807) is 14.0 Å². The van der Waals surface area contributed by atoms with Crippen molar-refractivity contribution >= 4 is 35.0 Å². The maximum Gasteiger partial charge on any atom is 0.251 e. The van der Waals surface area contributed by atoms with Crippen molar-refractivity contribution < 1.29 is 9.59 Å². The second-order valence-corrected chi connectivity index (χ2v) is 10.9. The average molecular weight is 553 g/mol. The van der Waals surface area contributed by atoms with Crippen molar-refractivity contribution in [2.24, 2.45) is 0 Å². The molecule has 7 heteroatoms. The largest absolute Gasteiger partial charge is 0.355 e. The van der Waals surface area contributed by atoms with Crippen LogP contribution in [0.4, 0.5) is 0 Å². The molecular weight excluding hydrogens is 517 g/mol. The van der Waals surface area contributed by atoms with Crippen molar-refractivity contribution in [3.8, 4) is 0 Å². The van der Waals surface area contributed by atoms with Crippen LogP contribution in [0.2, 0.25) is 10.0 Å². The smallest absolute Gasteiger partial charge is 0.251 e. The zero-order valence-corrected chi connectivity index (χ0v) is 23.5. The molecule has 3 aromatic carbocycles. The molecule has 2 N–H and O–H groups in total. The molecule has 4 rings (SSSR count). The summed E-state index contributed by atoms with van der Waals surface area (Å²) in [5.74, 6) is 0.0724. The van der Waals surface area contributed by atoms with Crippen molar-refractivity contribution in [1.82, 2.24) is 15.5 Å². The predicted octanol–water partition coefficient (Wildman–Crippen LogP) is 6.20. The Morgan fingerprint density at radius 3 is 2.29 bits per heavy atom. The van der Waals surface area contributed by atoms with Gasteiger partial charge in [-0.3, -0.25) is 9.59 Å². The number of benzene rings is 3. The van der Waals surface area contributed by atoms with Crippen LogP contribution in [0.1, 0.15) is 59.2 Å². The van der Waals surface area contributed by atoms with Crippen molar-refractivity contribution in [3.63, 3.8) is 0 Å². The van der Waals surface area contributed by atoms with E-state index in [9.17, 15) is 9.59 Å². The molecule has 5 nitrogen and oxygen atoms in total. The van der Waals surface area contributed by atoms with Gasteiger partial charge in [0.05, 0.1) is 15.6 Å². The Kier molecular flexibility index (Phi) is 9.48. The maximum absolute atomic E-state index is 12.5. The number of nitrogens with one attached hydrogen (secondary N) is 2. The van der Waals surface area contributed by atoms with Crippen LogP contribution in [0.25, 0.3) is 0 Å². The van der Waals surface area contributed by atoms with Gasteiger partial charge in [0, 0.05) is 32.6 Å². The molecule has 0 aliphatic carbocycles. The molecule has 1 unspecified atom stereocenters. The second kappa shape index (κ2) is 12.8. The number of rotatable bonds is 9. The van der Waals surface area contributed by atoms with Gasteiger partial charge in [-0.15, -0.1) is 0 Å². The van der Waals surface area contributed by atoms with Gasteiger partial charge in [-0.05, 0) is 73.0 Å². The first kappa shape index (κ1) is 28.2. The van der Waals surface area contributed by atoms with Gasteiger partial charge >= 0.3 is 0 Å². The fourth-order valence-corrected chi connectivity index (χ4v) is 5.86. The molecule has 2 amide bonds. The highest BCUT2D eigenvalue weighted by Crippen LogP contribution is 2.35. The second-order valence-electron chi connectivity index (χ2n) is 10.1. The molecule has 38 heavy (non-hydrogen) atoms. The van der Waals surface area contributed by atoms with Crippen LogP contribution in [0.3, 0.4) is 0 Å². The van der Waals surface area contributed by atoms with Crippen LogP contribution in [0.15, 0.2) is 72.8 Å². The van der Waals surface area contributed by atoms with E-state index in [0.717, 1.165) is 62.0 Å². The Morgan fingerprint density at radius 1 is 0.947 bits per heavy atom. The molecule has 0 spiro atoms. The minimum Gasteiger partial charge on any atom is -0.355 e. The summed E-state index contributed by atoms with van der Waals surface area (Å²) in [6.45, 7) is 4.27. The van der Waals surface area contributed by atoms with E-state index in [1.165, 1.54) is 0 Å². The normalized spacial score (nSPS) is 16.0. The van der Waals surface area contributed by atoms with Gasteiger partial charge in [-0.25, -0.2) is 0 Å². The summed E-state index contributed by atoms with van der Waals surface area (Å²) in [6.07, 6.45) is 3.33. The standard InChI is InChI=1S/C31H35Cl2N3O2/c1-22(37)35-31(26-9-4-3-5-10-26)15-18-36(19-16-31)17-14-24(23-12-13-28(32)29(33)21-23)20-25-8-6-7-11-27(25)30(38)34-2/h3-13,21,24H,14-20H2,1-2H3,(H,34,38)(H,35,37). The van der Waals surface area contributed by atoms with Crippen LogP contribution in [-0.2, 0) is 16.8 Å². The Bertz CT molecular complexity index is 1260. The molecule has 1 saturated heterocycles. The van der Waals surface area contributed by atoms with E-state index in [-0.39, 0.29) is 23.3 Å². The molecular formula is C31H35Cl2N3O2. The fourth-order valence-electron chi connectivity index (χ4n) is 5.55. The summed E-state index contributed by atoms with van der Waals surface area (Å²) in [7, 11) is 1.66. The van der Waals surface area contributed by atoms with E-state index < -0.39 is 0 Å². The Morgan fingerprint density at radius 2 is 1.63 bits per heavy atom. The van der Waals surface area contributed by atoms with Crippen LogP contribution >= 0.6 is 23.2 Å². The van der Waals surface area contributed by atoms with Crippen LogP contribution < -0.4 is 10.6 Å². The summed E-state index contributed by atoms with van der Waals surface area (Å²) >= 11 is 12.6. The highest BCUT2D eigenvalue weighted by molar-refractivity contribution is 6.42. The van der Waals surface area contributed by atoms with Gasteiger partial charge in [0.15, 0.2) is 0 Å². The molecule has 1 aliphatic heterocycles. The van der Waals surface area contributed by atoms with Gasteiger partial charge < -0.3 is 15.5 Å². The first-order valence-corrected chi connectivity index (χ1v) is 13.9.